The van der Waals surface area contributed by atoms with Crippen LogP contribution >= 0.6 is 11.3 Å². The van der Waals surface area contributed by atoms with Gasteiger partial charge in [0.25, 0.3) is 5.91 Å². The van der Waals surface area contributed by atoms with E-state index in [1.165, 1.54) is 4.88 Å². The Hall–Kier alpha value is -1.74. The number of hydrogen-bond acceptors (Lipinski definition) is 6. The molecule has 2 atom stereocenters. The molecule has 4 rings (SSSR count). The van der Waals surface area contributed by atoms with E-state index in [-0.39, 0.29) is 11.9 Å². The average Bonchev–Trinajstić information content (AvgIpc) is 3.42. The minimum absolute atomic E-state index is 0.104. The van der Waals surface area contributed by atoms with Crippen LogP contribution < -0.4 is 10.6 Å². The van der Waals surface area contributed by atoms with Gasteiger partial charge in [-0.15, -0.1) is 11.3 Å². The monoisotopic (exact) mass is 389 g/mol. The molecule has 0 spiro atoms. The van der Waals surface area contributed by atoms with Gasteiger partial charge >= 0.3 is 0 Å². The highest BCUT2D eigenvalue weighted by Gasteiger charge is 2.25. The van der Waals surface area contributed by atoms with Crippen molar-refractivity contribution in [2.24, 2.45) is 0 Å². The Morgan fingerprint density at radius 1 is 1.41 bits per heavy atom. The van der Waals surface area contributed by atoms with Crippen molar-refractivity contribution in [3.8, 4) is 0 Å². The lowest BCUT2D eigenvalue weighted by Crippen LogP contribution is -2.43. The van der Waals surface area contributed by atoms with Crippen molar-refractivity contribution in [1.29, 1.82) is 0 Å². The fraction of sp³-hybridized carbons (Fsp3) is 0.579. The van der Waals surface area contributed by atoms with Gasteiger partial charge in [-0.3, -0.25) is 14.4 Å². The Bertz CT molecular complexity index is 720. The normalized spacial score (nSPS) is 22.4. The summed E-state index contributed by atoms with van der Waals surface area (Å²) in [7, 11) is 0. The van der Waals surface area contributed by atoms with Crippen molar-refractivity contribution >= 4 is 17.2 Å². The molecule has 2 unspecified atom stereocenters. The number of morpholine rings is 1. The van der Waals surface area contributed by atoms with Gasteiger partial charge in [-0.05, 0) is 36.9 Å². The second-order valence-electron chi connectivity index (χ2n) is 7.07. The van der Waals surface area contributed by atoms with Crippen molar-refractivity contribution < 1.29 is 9.53 Å². The molecule has 4 heterocycles. The molecule has 2 fully saturated rings. The second kappa shape index (κ2) is 8.97. The molecule has 0 aliphatic carbocycles. The lowest BCUT2D eigenvalue weighted by atomic mass is 10.1. The van der Waals surface area contributed by atoms with Crippen LogP contribution in [0.1, 0.15) is 40.3 Å². The SMILES string of the molecule is O=C(NCC(c1cccs1)N1CCOCC1)c1ccn(C2CCCNC2)n1. The van der Waals surface area contributed by atoms with Crippen LogP contribution in [0.5, 0.6) is 0 Å². The number of nitrogens with one attached hydrogen (secondary N) is 2. The van der Waals surface area contributed by atoms with Crippen LogP contribution in [0, 0.1) is 0 Å². The van der Waals surface area contributed by atoms with Crippen molar-refractivity contribution in [3.05, 3.63) is 40.3 Å². The maximum absolute atomic E-state index is 12.7. The van der Waals surface area contributed by atoms with Gasteiger partial charge in [-0.1, -0.05) is 6.07 Å². The Labute approximate surface area is 163 Å². The lowest BCUT2D eigenvalue weighted by molar-refractivity contribution is 0.0169. The number of carbonyl (C=O) groups excluding carboxylic acids is 1. The molecule has 27 heavy (non-hydrogen) atoms. The van der Waals surface area contributed by atoms with E-state index in [0.717, 1.165) is 52.2 Å². The first kappa shape index (κ1) is 18.6. The number of nitrogens with zero attached hydrogens (tertiary/aromatic N) is 3. The summed E-state index contributed by atoms with van der Waals surface area (Å²) in [6.07, 6.45) is 4.17. The summed E-state index contributed by atoms with van der Waals surface area (Å²) in [6.45, 7) is 5.84. The van der Waals surface area contributed by atoms with Crippen LogP contribution in [0.15, 0.2) is 29.8 Å². The highest BCUT2D eigenvalue weighted by molar-refractivity contribution is 7.10. The number of aromatic nitrogens is 2. The molecule has 0 saturated carbocycles. The van der Waals surface area contributed by atoms with E-state index >= 15 is 0 Å². The van der Waals surface area contributed by atoms with Gasteiger partial charge < -0.3 is 15.4 Å². The molecule has 2 aromatic heterocycles. The molecule has 7 nitrogen and oxygen atoms in total. The molecule has 146 valence electrons. The average molecular weight is 390 g/mol. The van der Waals surface area contributed by atoms with E-state index in [2.05, 4.69) is 38.1 Å². The summed E-state index contributed by atoms with van der Waals surface area (Å²) in [4.78, 5) is 16.3. The Kier molecular flexibility index (Phi) is 6.18. The van der Waals surface area contributed by atoms with Gasteiger partial charge in [-0.2, -0.15) is 5.10 Å². The van der Waals surface area contributed by atoms with Crippen molar-refractivity contribution in [2.75, 3.05) is 45.9 Å². The molecule has 2 N–H and O–H groups in total. The predicted molar refractivity (Wildman–Crippen MR) is 105 cm³/mol. The molecule has 0 radical (unpaired) electrons. The predicted octanol–water partition coefficient (Wildman–Crippen LogP) is 1.67. The van der Waals surface area contributed by atoms with Gasteiger partial charge in [0, 0.05) is 37.3 Å². The largest absolute Gasteiger partial charge is 0.379 e. The summed E-state index contributed by atoms with van der Waals surface area (Å²) in [5.41, 5.74) is 0.493. The molecular weight excluding hydrogens is 362 g/mol. The molecule has 0 bridgehead atoms. The van der Waals surface area contributed by atoms with Gasteiger partial charge in [0.05, 0.1) is 25.3 Å². The highest BCUT2D eigenvalue weighted by Crippen LogP contribution is 2.25. The molecule has 2 saturated heterocycles. The molecule has 0 aromatic carbocycles. The number of rotatable bonds is 6. The van der Waals surface area contributed by atoms with Crippen molar-refractivity contribution in [3.63, 3.8) is 0 Å². The smallest absolute Gasteiger partial charge is 0.271 e. The summed E-state index contributed by atoms with van der Waals surface area (Å²) in [5.74, 6) is -0.104. The van der Waals surface area contributed by atoms with Crippen LogP contribution in [0.4, 0.5) is 0 Å². The summed E-state index contributed by atoms with van der Waals surface area (Å²) in [6, 6.07) is 6.55. The van der Waals surface area contributed by atoms with E-state index in [1.54, 1.807) is 11.3 Å². The summed E-state index contributed by atoms with van der Waals surface area (Å²) < 4.78 is 7.41. The molecule has 1 amide bonds. The zero-order valence-corrected chi connectivity index (χ0v) is 16.3. The van der Waals surface area contributed by atoms with Crippen molar-refractivity contribution in [2.45, 2.75) is 24.9 Å². The Balaban J connectivity index is 1.38. The van der Waals surface area contributed by atoms with Gasteiger partial charge in [-0.25, -0.2) is 0 Å². The molecular formula is C19H27N5O2S. The number of piperidine rings is 1. The quantitative estimate of drug-likeness (QED) is 0.786. The zero-order chi connectivity index (χ0) is 18.5. The number of amides is 1. The standard InChI is InChI=1S/C19H27N5O2S/c25-19(16-5-7-24(22-16)15-3-1-6-20-13-15)21-14-17(18-4-2-12-27-18)23-8-10-26-11-9-23/h2,4-5,7,12,15,17,20H,1,3,6,8-11,13-14H2,(H,21,25). The molecule has 8 heteroatoms. The van der Waals surface area contributed by atoms with E-state index in [1.807, 2.05) is 16.9 Å². The fourth-order valence-electron chi connectivity index (χ4n) is 3.78. The van der Waals surface area contributed by atoms with Crippen LogP contribution in [0.2, 0.25) is 0 Å². The minimum atomic E-state index is -0.104. The highest BCUT2D eigenvalue weighted by atomic mass is 32.1. The third-order valence-electron chi connectivity index (χ3n) is 5.30. The molecule has 2 aliphatic heterocycles. The summed E-state index contributed by atoms with van der Waals surface area (Å²) in [5, 5.41) is 13.1. The van der Waals surface area contributed by atoms with Gasteiger partial charge in [0.2, 0.25) is 0 Å². The first-order valence-corrected chi connectivity index (χ1v) is 10.6. The first-order valence-electron chi connectivity index (χ1n) is 9.70. The van der Waals surface area contributed by atoms with Crippen LogP contribution in [0.25, 0.3) is 0 Å². The van der Waals surface area contributed by atoms with E-state index in [0.29, 0.717) is 18.3 Å². The Morgan fingerprint density at radius 3 is 3.04 bits per heavy atom. The lowest BCUT2D eigenvalue weighted by Gasteiger charge is -2.34. The van der Waals surface area contributed by atoms with E-state index in [4.69, 9.17) is 4.74 Å². The van der Waals surface area contributed by atoms with E-state index < -0.39 is 0 Å². The zero-order valence-electron chi connectivity index (χ0n) is 15.5. The first-order chi connectivity index (χ1) is 13.3. The fourth-order valence-corrected chi connectivity index (χ4v) is 4.64. The van der Waals surface area contributed by atoms with Gasteiger partial charge in [0.1, 0.15) is 5.69 Å². The summed E-state index contributed by atoms with van der Waals surface area (Å²) >= 11 is 1.73. The Morgan fingerprint density at radius 2 is 2.30 bits per heavy atom. The maximum Gasteiger partial charge on any atom is 0.271 e. The topological polar surface area (TPSA) is 71.4 Å². The molecule has 2 aliphatic rings. The number of hydrogen-bond donors (Lipinski definition) is 2. The number of ether oxygens (including phenoxy) is 1. The second-order valence-corrected chi connectivity index (χ2v) is 8.05. The molecule has 2 aromatic rings. The van der Waals surface area contributed by atoms with E-state index in [9.17, 15) is 4.79 Å². The number of thiophene rings is 1. The maximum atomic E-state index is 12.7. The minimum Gasteiger partial charge on any atom is -0.379 e. The number of carbonyl (C=O) groups is 1. The third kappa shape index (κ3) is 4.57. The van der Waals surface area contributed by atoms with Crippen LogP contribution in [-0.2, 0) is 4.74 Å². The van der Waals surface area contributed by atoms with Gasteiger partial charge in [0.15, 0.2) is 0 Å². The van der Waals surface area contributed by atoms with Crippen molar-refractivity contribution in [1.82, 2.24) is 25.3 Å². The van der Waals surface area contributed by atoms with Crippen LogP contribution in [-0.4, -0.2) is 66.5 Å². The third-order valence-corrected chi connectivity index (χ3v) is 6.27. The van der Waals surface area contributed by atoms with Crippen LogP contribution in [0.3, 0.4) is 0 Å².